The summed E-state index contributed by atoms with van der Waals surface area (Å²) in [6, 6.07) is 1.48. The molecule has 1 aliphatic heterocycles. The van der Waals surface area contributed by atoms with Crippen LogP contribution in [0.25, 0.3) is 0 Å². The molecule has 2 unspecified atom stereocenters. The van der Waals surface area contributed by atoms with Crippen LogP contribution in [0, 0.1) is 0 Å². The smallest absolute Gasteiger partial charge is 0.0234 e. The van der Waals surface area contributed by atoms with Gasteiger partial charge in [-0.1, -0.05) is 0 Å². The largest absolute Gasteiger partial charge is 0.330 e. The molecule has 0 spiro atoms. The Balaban J connectivity index is 2.28. The number of nitrogens with zero attached hydrogens (tertiary/aromatic N) is 2. The van der Waals surface area contributed by atoms with Crippen LogP contribution >= 0.6 is 0 Å². The first-order valence-electron chi connectivity index (χ1n) is 5.25. The van der Waals surface area contributed by atoms with Crippen LogP contribution in [0.15, 0.2) is 0 Å². The highest BCUT2D eigenvalue weighted by molar-refractivity contribution is 4.85. The van der Waals surface area contributed by atoms with E-state index in [1.807, 2.05) is 0 Å². The van der Waals surface area contributed by atoms with E-state index in [-0.39, 0.29) is 0 Å². The summed E-state index contributed by atoms with van der Waals surface area (Å²) in [5.41, 5.74) is 5.49. The van der Waals surface area contributed by atoms with E-state index in [4.69, 9.17) is 5.73 Å². The summed E-state index contributed by atoms with van der Waals surface area (Å²) in [4.78, 5) is 4.89. The first-order chi connectivity index (χ1) is 6.15. The summed E-state index contributed by atoms with van der Waals surface area (Å²) < 4.78 is 0. The van der Waals surface area contributed by atoms with Gasteiger partial charge in [0.1, 0.15) is 0 Å². The molecule has 3 nitrogen and oxygen atoms in total. The Labute approximate surface area is 81.9 Å². The van der Waals surface area contributed by atoms with Crippen LogP contribution in [0.2, 0.25) is 0 Å². The van der Waals surface area contributed by atoms with Crippen molar-refractivity contribution >= 4 is 0 Å². The Morgan fingerprint density at radius 2 is 2.23 bits per heavy atom. The second-order valence-corrected chi connectivity index (χ2v) is 4.30. The van der Waals surface area contributed by atoms with Crippen molar-refractivity contribution in [2.45, 2.75) is 31.8 Å². The molecule has 1 rings (SSSR count). The van der Waals surface area contributed by atoms with E-state index in [0.29, 0.717) is 0 Å². The van der Waals surface area contributed by atoms with Crippen molar-refractivity contribution in [1.82, 2.24) is 9.80 Å². The van der Waals surface area contributed by atoms with Gasteiger partial charge in [-0.05, 0) is 47.0 Å². The van der Waals surface area contributed by atoms with Crippen LogP contribution in [0.3, 0.4) is 0 Å². The van der Waals surface area contributed by atoms with Crippen LogP contribution in [-0.4, -0.2) is 55.6 Å². The molecule has 0 radical (unpaired) electrons. The molecule has 0 aromatic rings. The van der Waals surface area contributed by atoms with Crippen molar-refractivity contribution in [2.24, 2.45) is 5.73 Å². The molecule has 0 aromatic heterocycles. The molecule has 13 heavy (non-hydrogen) atoms. The number of rotatable bonds is 4. The van der Waals surface area contributed by atoms with Gasteiger partial charge in [-0.3, -0.25) is 0 Å². The molecule has 0 aliphatic carbocycles. The molecule has 2 N–H and O–H groups in total. The van der Waals surface area contributed by atoms with Crippen molar-refractivity contribution < 1.29 is 0 Å². The Morgan fingerprint density at radius 1 is 1.54 bits per heavy atom. The van der Waals surface area contributed by atoms with E-state index < -0.39 is 0 Å². The quantitative estimate of drug-likeness (QED) is 0.686. The summed E-state index contributed by atoms with van der Waals surface area (Å²) in [7, 11) is 4.42. The van der Waals surface area contributed by atoms with Crippen molar-refractivity contribution in [3.05, 3.63) is 0 Å². The highest BCUT2D eigenvalue weighted by atomic mass is 15.2. The monoisotopic (exact) mass is 185 g/mol. The summed E-state index contributed by atoms with van der Waals surface area (Å²) >= 11 is 0. The minimum atomic E-state index is 0.741. The Morgan fingerprint density at radius 3 is 2.69 bits per heavy atom. The summed E-state index contributed by atoms with van der Waals surface area (Å²) in [5, 5.41) is 0. The lowest BCUT2D eigenvalue weighted by molar-refractivity contribution is 0.239. The molecule has 78 valence electrons. The van der Waals surface area contributed by atoms with Gasteiger partial charge < -0.3 is 15.5 Å². The van der Waals surface area contributed by atoms with Gasteiger partial charge in [0.05, 0.1) is 0 Å². The summed E-state index contributed by atoms with van der Waals surface area (Å²) in [6.07, 6.45) is 2.42. The number of hydrogen-bond donors (Lipinski definition) is 1. The maximum Gasteiger partial charge on any atom is 0.0234 e. The van der Waals surface area contributed by atoms with Crippen LogP contribution < -0.4 is 5.73 Å². The van der Waals surface area contributed by atoms with Crippen LogP contribution in [0.5, 0.6) is 0 Å². The zero-order valence-corrected chi connectivity index (χ0v) is 9.16. The first kappa shape index (κ1) is 11.0. The zero-order chi connectivity index (χ0) is 9.84. The lowest BCUT2D eigenvalue weighted by atomic mass is 10.1. The molecule has 1 heterocycles. The van der Waals surface area contributed by atoms with Crippen LogP contribution in [0.1, 0.15) is 19.8 Å². The highest BCUT2D eigenvalue weighted by Crippen LogP contribution is 2.18. The minimum absolute atomic E-state index is 0.741. The molecule has 0 saturated carbocycles. The molecule has 1 saturated heterocycles. The van der Waals surface area contributed by atoms with Gasteiger partial charge in [0.15, 0.2) is 0 Å². The van der Waals surface area contributed by atoms with E-state index in [1.54, 1.807) is 0 Å². The fraction of sp³-hybridized carbons (Fsp3) is 1.00. The van der Waals surface area contributed by atoms with Crippen molar-refractivity contribution in [3.63, 3.8) is 0 Å². The zero-order valence-electron chi connectivity index (χ0n) is 9.16. The third-order valence-corrected chi connectivity index (χ3v) is 3.20. The van der Waals surface area contributed by atoms with Crippen LogP contribution in [-0.2, 0) is 0 Å². The molecule has 1 aliphatic rings. The lowest BCUT2D eigenvalue weighted by Crippen LogP contribution is -2.35. The first-order valence-corrected chi connectivity index (χ1v) is 5.25. The van der Waals surface area contributed by atoms with E-state index in [2.05, 4.69) is 30.8 Å². The molecular weight excluding hydrogens is 162 g/mol. The number of hydrogen-bond acceptors (Lipinski definition) is 3. The highest BCUT2D eigenvalue weighted by Gasteiger charge is 2.28. The molecule has 0 aromatic carbocycles. The fourth-order valence-corrected chi connectivity index (χ4v) is 2.00. The lowest BCUT2D eigenvalue weighted by Gasteiger charge is -2.23. The number of likely N-dealkylation sites (tertiary alicyclic amines) is 1. The van der Waals surface area contributed by atoms with E-state index in [1.165, 1.54) is 13.0 Å². The van der Waals surface area contributed by atoms with Crippen molar-refractivity contribution in [2.75, 3.05) is 33.7 Å². The summed E-state index contributed by atoms with van der Waals surface area (Å²) in [6.45, 7) is 5.46. The maximum absolute atomic E-state index is 5.49. The van der Waals surface area contributed by atoms with Crippen LogP contribution in [0.4, 0.5) is 0 Å². The SMILES string of the molecule is CC1CC(N(C)CCCN)CN1C. The van der Waals surface area contributed by atoms with Crippen molar-refractivity contribution in [1.29, 1.82) is 0 Å². The minimum Gasteiger partial charge on any atom is -0.330 e. The van der Waals surface area contributed by atoms with Gasteiger partial charge in [-0.15, -0.1) is 0 Å². The van der Waals surface area contributed by atoms with Gasteiger partial charge in [-0.25, -0.2) is 0 Å². The Hall–Kier alpha value is -0.120. The third kappa shape index (κ3) is 2.93. The second-order valence-electron chi connectivity index (χ2n) is 4.30. The number of likely N-dealkylation sites (N-methyl/N-ethyl adjacent to an activating group) is 2. The second kappa shape index (κ2) is 4.94. The fourth-order valence-electron chi connectivity index (χ4n) is 2.00. The molecule has 2 atom stereocenters. The molecule has 0 amide bonds. The molecule has 1 fully saturated rings. The van der Waals surface area contributed by atoms with Gasteiger partial charge in [0.2, 0.25) is 0 Å². The topological polar surface area (TPSA) is 32.5 Å². The normalized spacial score (nSPS) is 30.2. The van der Waals surface area contributed by atoms with Crippen molar-refractivity contribution in [3.8, 4) is 0 Å². The van der Waals surface area contributed by atoms with Gasteiger partial charge in [0.25, 0.3) is 0 Å². The van der Waals surface area contributed by atoms with Gasteiger partial charge in [0, 0.05) is 18.6 Å². The van der Waals surface area contributed by atoms with E-state index >= 15 is 0 Å². The predicted octanol–water partition coefficient (Wildman–Crippen LogP) is 0.360. The molecular formula is C10H23N3. The average Bonchev–Trinajstić information content (AvgIpc) is 2.43. The standard InChI is InChI=1S/C10H23N3/c1-9-7-10(8-13(9)3)12(2)6-4-5-11/h9-10H,4-8,11H2,1-3H3. The van der Waals surface area contributed by atoms with Gasteiger partial charge >= 0.3 is 0 Å². The Bertz CT molecular complexity index is 139. The molecule has 3 heteroatoms. The van der Waals surface area contributed by atoms with E-state index in [0.717, 1.165) is 31.6 Å². The third-order valence-electron chi connectivity index (χ3n) is 3.20. The summed E-state index contributed by atoms with van der Waals surface area (Å²) in [5.74, 6) is 0. The Kier molecular flexibility index (Phi) is 4.16. The maximum atomic E-state index is 5.49. The molecule has 0 bridgehead atoms. The predicted molar refractivity (Wildman–Crippen MR) is 56.8 cm³/mol. The van der Waals surface area contributed by atoms with Gasteiger partial charge in [-0.2, -0.15) is 0 Å². The number of nitrogens with two attached hydrogens (primary N) is 1. The van der Waals surface area contributed by atoms with E-state index in [9.17, 15) is 0 Å². The average molecular weight is 185 g/mol.